The summed E-state index contributed by atoms with van der Waals surface area (Å²) in [4.78, 5) is 1.50. The van der Waals surface area contributed by atoms with E-state index < -0.39 is 0 Å². The summed E-state index contributed by atoms with van der Waals surface area (Å²) in [7, 11) is 3.34. The molecule has 0 heterocycles. The molecule has 0 N–H and O–H groups in total. The van der Waals surface area contributed by atoms with E-state index in [4.69, 9.17) is 8.85 Å². The van der Waals surface area contributed by atoms with Crippen LogP contribution in [0.15, 0.2) is 0 Å². The van der Waals surface area contributed by atoms with Crippen molar-refractivity contribution in [2.24, 2.45) is 0 Å². The maximum atomic E-state index is 5.84. The Hall–Kier alpha value is 1.05. The van der Waals surface area contributed by atoms with E-state index in [0.29, 0.717) is 12.2 Å². The minimum Gasteiger partial charge on any atom is -0.421 e. The standard InChI is InChI=1S/C12H30O2S2Si2/c1-7-11(17-13-9(3)4)15-16-12(8-2)18-14-10(5)6/h9-12H,7-8,17-18H2,1-6H3. The van der Waals surface area contributed by atoms with Gasteiger partial charge in [0.1, 0.15) is 0 Å². The van der Waals surface area contributed by atoms with Crippen molar-refractivity contribution >= 4 is 41.1 Å². The fraction of sp³-hybridized carbons (Fsp3) is 1.00. The van der Waals surface area contributed by atoms with Gasteiger partial charge in [0, 0.05) is 22.0 Å². The van der Waals surface area contributed by atoms with Crippen molar-refractivity contribution in [3.8, 4) is 0 Å². The number of hydrogen-bond acceptors (Lipinski definition) is 4. The van der Waals surface area contributed by atoms with Gasteiger partial charge in [-0.3, -0.25) is 0 Å². The Bertz CT molecular complexity index is 175. The van der Waals surface area contributed by atoms with Gasteiger partial charge in [-0.1, -0.05) is 35.4 Å². The lowest BCUT2D eigenvalue weighted by Gasteiger charge is -2.19. The van der Waals surface area contributed by atoms with E-state index >= 15 is 0 Å². The van der Waals surface area contributed by atoms with Crippen molar-refractivity contribution < 1.29 is 8.85 Å². The van der Waals surface area contributed by atoms with Gasteiger partial charge in [0.2, 0.25) is 0 Å². The Balaban J connectivity index is 3.84. The van der Waals surface area contributed by atoms with Gasteiger partial charge in [0.05, 0.1) is 0 Å². The molecule has 2 unspecified atom stereocenters. The molecule has 2 nitrogen and oxygen atoms in total. The summed E-state index contributed by atoms with van der Waals surface area (Å²) < 4.78 is 11.7. The normalized spacial score (nSPS) is 16.7. The van der Waals surface area contributed by atoms with Crippen molar-refractivity contribution in [2.75, 3.05) is 0 Å². The zero-order valence-electron chi connectivity index (χ0n) is 12.8. The van der Waals surface area contributed by atoms with Gasteiger partial charge in [0.15, 0.2) is 19.5 Å². The summed E-state index contributed by atoms with van der Waals surface area (Å²) in [6.07, 6.45) is 3.27. The van der Waals surface area contributed by atoms with Crippen LogP contribution in [-0.4, -0.2) is 41.5 Å². The Labute approximate surface area is 126 Å². The number of rotatable bonds is 11. The Morgan fingerprint density at radius 2 is 1.11 bits per heavy atom. The van der Waals surface area contributed by atoms with Crippen molar-refractivity contribution in [1.82, 2.24) is 0 Å². The lowest BCUT2D eigenvalue weighted by molar-refractivity contribution is 0.254. The first-order chi connectivity index (χ1) is 8.49. The van der Waals surface area contributed by atoms with Crippen LogP contribution in [0, 0.1) is 0 Å². The first kappa shape index (κ1) is 19.1. The van der Waals surface area contributed by atoms with Crippen molar-refractivity contribution in [2.45, 2.75) is 76.3 Å². The topological polar surface area (TPSA) is 18.5 Å². The molecule has 0 saturated heterocycles. The second kappa shape index (κ2) is 11.8. The van der Waals surface area contributed by atoms with Crippen LogP contribution in [0.4, 0.5) is 0 Å². The monoisotopic (exact) mass is 326 g/mol. The first-order valence-corrected chi connectivity index (χ1v) is 12.1. The molecule has 0 aliphatic rings. The Morgan fingerprint density at radius 1 is 0.778 bits per heavy atom. The molecule has 0 aliphatic heterocycles. The molecule has 2 atom stereocenters. The first-order valence-electron chi connectivity index (χ1n) is 7.04. The fourth-order valence-electron chi connectivity index (χ4n) is 1.18. The van der Waals surface area contributed by atoms with E-state index in [1.54, 1.807) is 0 Å². The fourth-order valence-corrected chi connectivity index (χ4v) is 8.53. The Kier molecular flexibility index (Phi) is 12.5. The molecular weight excluding hydrogens is 296 g/mol. The highest BCUT2D eigenvalue weighted by Crippen LogP contribution is 2.33. The predicted molar refractivity (Wildman–Crippen MR) is 92.9 cm³/mol. The molecule has 0 saturated carbocycles. The third-order valence-electron chi connectivity index (χ3n) is 2.47. The van der Waals surface area contributed by atoms with E-state index in [0.717, 1.165) is 9.75 Å². The largest absolute Gasteiger partial charge is 0.421 e. The third kappa shape index (κ3) is 10.9. The van der Waals surface area contributed by atoms with Gasteiger partial charge in [0.25, 0.3) is 0 Å². The summed E-state index contributed by atoms with van der Waals surface area (Å²) >= 11 is 0. The molecule has 6 heteroatoms. The third-order valence-corrected chi connectivity index (χ3v) is 12.6. The van der Waals surface area contributed by atoms with E-state index in [1.165, 1.54) is 12.8 Å². The molecular formula is C12H30O2S2Si2. The second-order valence-electron chi connectivity index (χ2n) is 5.02. The van der Waals surface area contributed by atoms with Crippen LogP contribution in [0.3, 0.4) is 0 Å². The smallest absolute Gasteiger partial charge is 0.175 e. The van der Waals surface area contributed by atoms with Gasteiger partial charge >= 0.3 is 0 Å². The SMILES string of the molecule is CCC([SiH2]OC(C)C)SSC(CC)[SiH2]OC(C)C. The summed E-state index contributed by atoms with van der Waals surface area (Å²) in [6.45, 7) is 13.1. The molecule has 0 rings (SSSR count). The zero-order valence-corrected chi connectivity index (χ0v) is 17.2. The van der Waals surface area contributed by atoms with Crippen molar-refractivity contribution in [3.05, 3.63) is 0 Å². The molecule has 0 radical (unpaired) electrons. The summed E-state index contributed by atoms with van der Waals surface area (Å²) in [5.74, 6) is 0. The van der Waals surface area contributed by atoms with E-state index in [2.05, 4.69) is 63.1 Å². The molecule has 0 amide bonds. The molecule has 0 aromatic rings. The lowest BCUT2D eigenvalue weighted by Crippen LogP contribution is -2.21. The van der Waals surface area contributed by atoms with Gasteiger partial charge in [-0.2, -0.15) is 0 Å². The molecule has 18 heavy (non-hydrogen) atoms. The molecule has 0 fully saturated rings. The van der Waals surface area contributed by atoms with Crippen LogP contribution in [0.1, 0.15) is 54.4 Å². The van der Waals surface area contributed by atoms with Crippen LogP contribution >= 0.6 is 21.6 Å². The van der Waals surface area contributed by atoms with Gasteiger partial charge in [-0.05, 0) is 40.5 Å². The van der Waals surface area contributed by atoms with Gasteiger partial charge < -0.3 is 8.85 Å². The highest BCUT2D eigenvalue weighted by Gasteiger charge is 2.15. The maximum absolute atomic E-state index is 5.84. The molecule has 110 valence electrons. The van der Waals surface area contributed by atoms with E-state index in [-0.39, 0.29) is 19.5 Å². The molecule has 0 aliphatic carbocycles. The maximum Gasteiger partial charge on any atom is 0.175 e. The molecule has 0 spiro atoms. The van der Waals surface area contributed by atoms with Crippen LogP contribution in [0.25, 0.3) is 0 Å². The van der Waals surface area contributed by atoms with Crippen molar-refractivity contribution in [1.29, 1.82) is 0 Å². The lowest BCUT2D eigenvalue weighted by atomic mass is 10.5. The minimum atomic E-state index is -0.386. The Morgan fingerprint density at radius 3 is 1.33 bits per heavy atom. The van der Waals surface area contributed by atoms with Crippen LogP contribution in [-0.2, 0) is 8.85 Å². The van der Waals surface area contributed by atoms with Crippen molar-refractivity contribution in [3.63, 3.8) is 0 Å². The average molecular weight is 327 g/mol. The summed E-state index contributed by atoms with van der Waals surface area (Å²) in [5, 5.41) is 0. The highest BCUT2D eigenvalue weighted by atomic mass is 33.1. The molecule has 0 aromatic heterocycles. The molecule has 0 bridgehead atoms. The van der Waals surface area contributed by atoms with Crippen LogP contribution < -0.4 is 0 Å². The van der Waals surface area contributed by atoms with E-state index in [1.807, 2.05) is 0 Å². The number of hydrogen-bond donors (Lipinski definition) is 0. The second-order valence-corrected chi connectivity index (χ2v) is 12.4. The summed E-state index contributed by atoms with van der Waals surface area (Å²) in [5.41, 5.74) is 0. The average Bonchev–Trinajstić information content (AvgIpc) is 2.32. The predicted octanol–water partition coefficient (Wildman–Crippen LogP) is 2.86. The van der Waals surface area contributed by atoms with Gasteiger partial charge in [-0.25, -0.2) is 0 Å². The van der Waals surface area contributed by atoms with Crippen LogP contribution in [0.2, 0.25) is 0 Å². The minimum absolute atomic E-state index is 0.386. The van der Waals surface area contributed by atoms with E-state index in [9.17, 15) is 0 Å². The highest BCUT2D eigenvalue weighted by molar-refractivity contribution is 8.77. The van der Waals surface area contributed by atoms with Crippen LogP contribution in [0.5, 0.6) is 0 Å². The molecule has 0 aromatic carbocycles. The quantitative estimate of drug-likeness (QED) is 0.429. The van der Waals surface area contributed by atoms with Gasteiger partial charge in [-0.15, -0.1) is 0 Å². The summed E-state index contributed by atoms with van der Waals surface area (Å²) in [6, 6.07) is 0. The zero-order chi connectivity index (χ0) is 14.0.